The van der Waals surface area contributed by atoms with Gasteiger partial charge in [-0.3, -0.25) is 0 Å². The molecule has 3 nitrogen and oxygen atoms in total. The molecular weight excluding hydrogens is 246 g/mol. The fourth-order valence-corrected chi connectivity index (χ4v) is 3.17. The van der Waals surface area contributed by atoms with Gasteiger partial charge in [-0.1, -0.05) is 23.8 Å². The lowest BCUT2D eigenvalue weighted by atomic mass is 9.92. The van der Waals surface area contributed by atoms with Crippen LogP contribution in [0.15, 0.2) is 36.8 Å². The lowest BCUT2D eigenvalue weighted by Gasteiger charge is -2.30. The maximum atomic E-state index is 4.39. The highest BCUT2D eigenvalue weighted by molar-refractivity contribution is 5.60. The summed E-state index contributed by atoms with van der Waals surface area (Å²) in [4.78, 5) is 4.39. The third kappa shape index (κ3) is 2.63. The number of nitrogens with one attached hydrogen (secondary N) is 1. The summed E-state index contributed by atoms with van der Waals surface area (Å²) in [5, 5.41) is 3.51. The molecule has 0 spiro atoms. The van der Waals surface area contributed by atoms with Crippen LogP contribution < -0.4 is 5.32 Å². The molecule has 1 fully saturated rings. The van der Waals surface area contributed by atoms with E-state index in [4.69, 9.17) is 0 Å². The van der Waals surface area contributed by atoms with Gasteiger partial charge in [-0.2, -0.15) is 0 Å². The fraction of sp³-hybridized carbons (Fsp3) is 0.471. The molecule has 2 atom stereocenters. The summed E-state index contributed by atoms with van der Waals surface area (Å²) in [6, 6.07) is 9.15. The number of hydrogen-bond donors (Lipinski definition) is 1. The molecule has 3 rings (SSSR count). The number of imidazole rings is 1. The van der Waals surface area contributed by atoms with Crippen LogP contribution in [0.5, 0.6) is 0 Å². The van der Waals surface area contributed by atoms with Crippen molar-refractivity contribution in [3.63, 3.8) is 0 Å². The van der Waals surface area contributed by atoms with Crippen molar-refractivity contribution in [3.05, 3.63) is 42.4 Å². The highest BCUT2D eigenvalue weighted by atomic mass is 15.1. The third-order valence-corrected chi connectivity index (χ3v) is 4.44. The molecular formula is C17H23N3. The Balaban J connectivity index is 1.89. The van der Waals surface area contributed by atoms with Crippen molar-refractivity contribution < 1.29 is 0 Å². The fourth-order valence-electron chi connectivity index (χ4n) is 3.17. The van der Waals surface area contributed by atoms with Crippen LogP contribution in [0, 0.1) is 12.8 Å². The molecule has 0 aliphatic carbocycles. The van der Waals surface area contributed by atoms with Crippen molar-refractivity contribution in [1.82, 2.24) is 14.9 Å². The van der Waals surface area contributed by atoms with Gasteiger partial charge in [0, 0.05) is 11.6 Å². The molecule has 1 aromatic heterocycles. The molecule has 0 radical (unpaired) electrons. The Bertz CT molecular complexity index is 567. The number of hydrogen-bond acceptors (Lipinski definition) is 2. The van der Waals surface area contributed by atoms with Gasteiger partial charge >= 0.3 is 0 Å². The molecule has 2 aromatic rings. The summed E-state index contributed by atoms with van der Waals surface area (Å²) in [6.45, 7) is 6.74. The van der Waals surface area contributed by atoms with E-state index < -0.39 is 0 Å². The lowest BCUT2D eigenvalue weighted by Crippen LogP contribution is -2.34. The average Bonchev–Trinajstić information content (AvgIpc) is 2.97. The van der Waals surface area contributed by atoms with Crippen LogP contribution in [0.25, 0.3) is 11.3 Å². The van der Waals surface area contributed by atoms with Gasteiger partial charge in [0.05, 0.1) is 18.2 Å². The first kappa shape index (κ1) is 13.4. The van der Waals surface area contributed by atoms with Gasteiger partial charge in [-0.25, -0.2) is 4.98 Å². The molecule has 1 N–H and O–H groups in total. The van der Waals surface area contributed by atoms with E-state index >= 15 is 0 Å². The van der Waals surface area contributed by atoms with E-state index in [0.717, 1.165) is 13.1 Å². The Kier molecular flexibility index (Phi) is 3.88. The van der Waals surface area contributed by atoms with Gasteiger partial charge < -0.3 is 9.88 Å². The van der Waals surface area contributed by atoms with Gasteiger partial charge in [-0.15, -0.1) is 0 Å². The summed E-state index contributed by atoms with van der Waals surface area (Å²) in [5.74, 6) is 0.696. The number of aromatic nitrogens is 2. The number of aryl methyl sites for hydroxylation is 1. The van der Waals surface area contributed by atoms with Crippen LogP contribution >= 0.6 is 0 Å². The Morgan fingerprint density at radius 3 is 3.05 bits per heavy atom. The zero-order chi connectivity index (χ0) is 13.9. The Hall–Kier alpha value is -1.61. The van der Waals surface area contributed by atoms with E-state index in [1.807, 2.05) is 12.5 Å². The van der Waals surface area contributed by atoms with Crippen LogP contribution in [0.2, 0.25) is 0 Å². The first-order chi connectivity index (χ1) is 9.75. The Morgan fingerprint density at radius 2 is 2.30 bits per heavy atom. The van der Waals surface area contributed by atoms with Crippen molar-refractivity contribution in [3.8, 4) is 11.3 Å². The molecule has 3 heteroatoms. The summed E-state index contributed by atoms with van der Waals surface area (Å²) >= 11 is 0. The van der Waals surface area contributed by atoms with Crippen molar-refractivity contribution in [1.29, 1.82) is 0 Å². The van der Waals surface area contributed by atoms with Crippen LogP contribution in [0.3, 0.4) is 0 Å². The first-order valence-corrected chi connectivity index (χ1v) is 7.55. The molecule has 1 aliphatic heterocycles. The largest absolute Gasteiger partial charge is 0.327 e. The van der Waals surface area contributed by atoms with E-state index in [1.54, 1.807) is 0 Å². The molecule has 1 aliphatic rings. The molecule has 1 saturated heterocycles. The maximum absolute atomic E-state index is 4.39. The summed E-state index contributed by atoms with van der Waals surface area (Å²) < 4.78 is 2.34. The van der Waals surface area contributed by atoms with Gasteiger partial charge in [-0.05, 0) is 51.8 Å². The molecule has 0 saturated carbocycles. The maximum Gasteiger partial charge on any atom is 0.0953 e. The molecule has 20 heavy (non-hydrogen) atoms. The molecule has 1 aromatic carbocycles. The Morgan fingerprint density at radius 1 is 1.40 bits per heavy atom. The van der Waals surface area contributed by atoms with Crippen molar-refractivity contribution in [2.45, 2.75) is 32.7 Å². The van der Waals surface area contributed by atoms with Crippen LogP contribution in [-0.2, 0) is 0 Å². The van der Waals surface area contributed by atoms with Crippen molar-refractivity contribution in [2.75, 3.05) is 13.1 Å². The van der Waals surface area contributed by atoms with Crippen molar-refractivity contribution >= 4 is 0 Å². The van der Waals surface area contributed by atoms with Crippen LogP contribution in [-0.4, -0.2) is 22.6 Å². The highest BCUT2D eigenvalue weighted by Gasteiger charge is 2.22. The molecule has 0 amide bonds. The minimum atomic E-state index is 0.487. The second kappa shape index (κ2) is 5.80. The lowest BCUT2D eigenvalue weighted by molar-refractivity contribution is 0.281. The standard InChI is InChI=1S/C17H23N3/c1-13-5-3-6-15(9-13)17-11-19-12-20(17)14(2)16-7-4-8-18-10-16/h3,5-6,9,11-12,14,16,18H,4,7-8,10H2,1-2H3. The van der Waals surface area contributed by atoms with E-state index in [2.05, 4.69) is 53.0 Å². The minimum absolute atomic E-state index is 0.487. The average molecular weight is 269 g/mol. The first-order valence-electron chi connectivity index (χ1n) is 7.55. The molecule has 0 bridgehead atoms. The zero-order valence-electron chi connectivity index (χ0n) is 12.3. The zero-order valence-corrected chi connectivity index (χ0v) is 12.3. The van der Waals surface area contributed by atoms with E-state index in [0.29, 0.717) is 12.0 Å². The third-order valence-electron chi connectivity index (χ3n) is 4.44. The molecule has 106 valence electrons. The second-order valence-corrected chi connectivity index (χ2v) is 5.90. The van der Waals surface area contributed by atoms with Crippen LogP contribution in [0.4, 0.5) is 0 Å². The number of nitrogens with zero attached hydrogens (tertiary/aromatic N) is 2. The van der Waals surface area contributed by atoms with E-state index in [-0.39, 0.29) is 0 Å². The minimum Gasteiger partial charge on any atom is -0.327 e. The Labute approximate surface area is 121 Å². The normalized spacial score (nSPS) is 20.8. The van der Waals surface area contributed by atoms with Crippen molar-refractivity contribution in [2.24, 2.45) is 5.92 Å². The van der Waals surface area contributed by atoms with Gasteiger partial charge in [0.15, 0.2) is 0 Å². The summed E-state index contributed by atoms with van der Waals surface area (Å²) in [7, 11) is 0. The predicted molar refractivity (Wildman–Crippen MR) is 82.7 cm³/mol. The summed E-state index contributed by atoms with van der Waals surface area (Å²) in [6.07, 6.45) is 6.56. The van der Waals surface area contributed by atoms with Gasteiger partial charge in [0.1, 0.15) is 0 Å². The second-order valence-electron chi connectivity index (χ2n) is 5.90. The van der Waals surface area contributed by atoms with Crippen LogP contribution in [0.1, 0.15) is 31.4 Å². The monoisotopic (exact) mass is 269 g/mol. The summed E-state index contributed by atoms with van der Waals surface area (Å²) in [5.41, 5.74) is 3.78. The topological polar surface area (TPSA) is 29.9 Å². The SMILES string of the molecule is Cc1cccc(-c2cncn2C(C)C2CCCNC2)c1. The number of rotatable bonds is 3. The van der Waals surface area contributed by atoms with Gasteiger partial charge in [0.2, 0.25) is 0 Å². The quantitative estimate of drug-likeness (QED) is 0.925. The van der Waals surface area contributed by atoms with E-state index in [9.17, 15) is 0 Å². The smallest absolute Gasteiger partial charge is 0.0953 e. The predicted octanol–water partition coefficient (Wildman–Crippen LogP) is 3.42. The number of benzene rings is 1. The molecule has 2 unspecified atom stereocenters. The highest BCUT2D eigenvalue weighted by Crippen LogP contribution is 2.29. The van der Waals surface area contributed by atoms with Gasteiger partial charge in [0.25, 0.3) is 0 Å². The molecule has 2 heterocycles. The van der Waals surface area contributed by atoms with E-state index in [1.165, 1.54) is 29.7 Å². The number of piperidine rings is 1.